The first-order valence-electron chi connectivity index (χ1n) is 5.27. The number of imide groups is 1. The van der Waals surface area contributed by atoms with E-state index in [0.717, 1.165) is 16.2 Å². The summed E-state index contributed by atoms with van der Waals surface area (Å²) >= 11 is 0.768. The van der Waals surface area contributed by atoms with Crippen LogP contribution < -0.4 is 5.64 Å². The Balaban J connectivity index is 1.97. The van der Waals surface area contributed by atoms with Gasteiger partial charge in [0.2, 0.25) is 0 Å². The predicted octanol–water partition coefficient (Wildman–Crippen LogP) is 0.435. The van der Waals surface area contributed by atoms with Crippen molar-refractivity contribution < 1.29 is 24.2 Å². The van der Waals surface area contributed by atoms with Crippen LogP contribution in [0.15, 0.2) is 5.38 Å². The molecule has 0 spiro atoms. The molecule has 2 aliphatic rings. The van der Waals surface area contributed by atoms with Crippen molar-refractivity contribution in [3.05, 3.63) is 26.6 Å². The Bertz CT molecular complexity index is 579. The summed E-state index contributed by atoms with van der Waals surface area (Å²) in [5.41, 5.74) is 2.03. The number of carbonyl (C=O) groups is 2. The molecule has 2 amide bonds. The monoisotopic (exact) mass is 285 g/mol. The number of hydrogen-bond donors (Lipinski definition) is 1. The topological polar surface area (TPSA) is 111 Å². The number of nitrogens with zero attached hydrogens (tertiary/aromatic N) is 2. The molecule has 1 unspecified atom stereocenters. The van der Waals surface area contributed by atoms with E-state index in [4.69, 9.17) is 9.68 Å². The molecule has 2 aliphatic heterocycles. The SMILES string of the molecule is O=C1c2csc([N+](=O)[O-])c2C(=O)N1C1CCONO1. The molecule has 10 heteroatoms. The quantitative estimate of drug-likeness (QED) is 0.476. The predicted molar refractivity (Wildman–Crippen MR) is 60.1 cm³/mol. The van der Waals surface area contributed by atoms with Gasteiger partial charge in [-0.25, -0.2) is 4.90 Å². The molecule has 0 bridgehead atoms. The minimum absolute atomic E-state index is 0.0526. The van der Waals surface area contributed by atoms with Gasteiger partial charge in [-0.3, -0.25) is 29.4 Å². The molecule has 1 aromatic rings. The fourth-order valence-electron chi connectivity index (χ4n) is 1.98. The lowest BCUT2D eigenvalue weighted by atomic mass is 10.2. The van der Waals surface area contributed by atoms with Crippen LogP contribution in [0.2, 0.25) is 0 Å². The number of amides is 2. The fourth-order valence-corrected chi connectivity index (χ4v) is 2.83. The molecule has 1 aromatic heterocycles. The van der Waals surface area contributed by atoms with Crippen LogP contribution in [0.25, 0.3) is 0 Å². The second-order valence-electron chi connectivity index (χ2n) is 3.86. The highest BCUT2D eigenvalue weighted by Gasteiger charge is 2.47. The molecule has 1 N–H and O–H groups in total. The van der Waals surface area contributed by atoms with Crippen molar-refractivity contribution in [1.29, 1.82) is 0 Å². The molecule has 0 saturated carbocycles. The third-order valence-electron chi connectivity index (χ3n) is 2.82. The summed E-state index contributed by atoms with van der Waals surface area (Å²) in [5, 5.41) is 11.8. The summed E-state index contributed by atoms with van der Waals surface area (Å²) in [6.07, 6.45) is -0.530. The number of fused-ring (bicyclic) bond motifs is 1. The largest absolute Gasteiger partial charge is 0.337 e. The standard InChI is InChI=1S/C9H7N3O6S/c13-7-4-3-19-9(12(15)16)6(4)8(14)11(7)5-1-2-17-10-18-5/h3,5,10H,1-2H2. The minimum atomic E-state index is -0.828. The van der Waals surface area contributed by atoms with Gasteiger partial charge < -0.3 is 0 Å². The van der Waals surface area contributed by atoms with Gasteiger partial charge in [0.25, 0.3) is 11.8 Å². The Morgan fingerprint density at radius 2 is 2.26 bits per heavy atom. The van der Waals surface area contributed by atoms with Crippen LogP contribution in [0.4, 0.5) is 5.00 Å². The van der Waals surface area contributed by atoms with Crippen molar-refractivity contribution in [3.63, 3.8) is 0 Å². The lowest BCUT2D eigenvalue weighted by Gasteiger charge is -2.28. The van der Waals surface area contributed by atoms with Gasteiger partial charge in [0.1, 0.15) is 5.56 Å². The maximum atomic E-state index is 12.2. The van der Waals surface area contributed by atoms with E-state index in [1.54, 1.807) is 0 Å². The van der Waals surface area contributed by atoms with E-state index >= 15 is 0 Å². The summed E-state index contributed by atoms with van der Waals surface area (Å²) in [6.45, 7) is 0.261. The van der Waals surface area contributed by atoms with Crippen molar-refractivity contribution in [2.45, 2.75) is 12.6 Å². The van der Waals surface area contributed by atoms with E-state index in [9.17, 15) is 19.7 Å². The van der Waals surface area contributed by atoms with Gasteiger partial charge in [-0.2, -0.15) is 0 Å². The van der Waals surface area contributed by atoms with E-state index < -0.39 is 23.0 Å². The van der Waals surface area contributed by atoms with Crippen LogP contribution in [0.5, 0.6) is 0 Å². The van der Waals surface area contributed by atoms with Crippen molar-refractivity contribution >= 4 is 28.2 Å². The van der Waals surface area contributed by atoms with Crippen LogP contribution in [0.3, 0.4) is 0 Å². The third-order valence-corrected chi connectivity index (χ3v) is 3.75. The van der Waals surface area contributed by atoms with Crippen LogP contribution >= 0.6 is 11.3 Å². The van der Waals surface area contributed by atoms with Crippen molar-refractivity contribution in [2.24, 2.45) is 0 Å². The normalized spacial score (nSPS) is 22.7. The minimum Gasteiger partial charge on any atom is -0.276 e. The Kier molecular flexibility index (Phi) is 2.78. The first-order valence-corrected chi connectivity index (χ1v) is 6.15. The van der Waals surface area contributed by atoms with Gasteiger partial charge in [-0.1, -0.05) is 17.0 Å². The second-order valence-corrected chi connectivity index (χ2v) is 4.72. The summed E-state index contributed by atoms with van der Waals surface area (Å²) in [7, 11) is 0. The van der Waals surface area contributed by atoms with Crippen LogP contribution in [-0.2, 0) is 9.68 Å². The molecule has 3 heterocycles. The molecule has 3 rings (SSSR count). The zero-order valence-electron chi connectivity index (χ0n) is 9.32. The molecule has 100 valence electrons. The van der Waals surface area contributed by atoms with Gasteiger partial charge in [0.05, 0.1) is 17.1 Å². The number of hydrogen-bond acceptors (Lipinski definition) is 8. The lowest BCUT2D eigenvalue weighted by Crippen LogP contribution is -2.47. The smallest absolute Gasteiger partial charge is 0.276 e. The summed E-state index contributed by atoms with van der Waals surface area (Å²) in [5.74, 6) is -1.29. The zero-order chi connectivity index (χ0) is 13.6. The van der Waals surface area contributed by atoms with E-state index in [2.05, 4.69) is 5.64 Å². The van der Waals surface area contributed by atoms with Gasteiger partial charge >= 0.3 is 5.00 Å². The van der Waals surface area contributed by atoms with Crippen molar-refractivity contribution in [1.82, 2.24) is 10.5 Å². The van der Waals surface area contributed by atoms with E-state index in [1.165, 1.54) is 5.38 Å². The molecular weight excluding hydrogens is 278 g/mol. The number of carbonyl (C=O) groups excluding carboxylic acids is 2. The molecule has 1 saturated heterocycles. The Hall–Kier alpha value is -1.88. The summed E-state index contributed by atoms with van der Waals surface area (Å²) in [4.78, 5) is 44.9. The van der Waals surface area contributed by atoms with Crippen LogP contribution in [0.1, 0.15) is 27.1 Å². The number of nitro groups is 1. The molecule has 19 heavy (non-hydrogen) atoms. The molecule has 9 nitrogen and oxygen atoms in total. The number of rotatable bonds is 2. The molecular formula is C9H7N3O6S. The summed E-state index contributed by atoms with van der Waals surface area (Å²) < 4.78 is 0. The van der Waals surface area contributed by atoms with Gasteiger partial charge in [-0.05, 0) is 0 Å². The molecule has 0 radical (unpaired) electrons. The van der Waals surface area contributed by atoms with E-state index in [0.29, 0.717) is 6.42 Å². The van der Waals surface area contributed by atoms with E-state index in [-0.39, 0.29) is 22.7 Å². The average molecular weight is 285 g/mol. The Labute approximate surface area is 109 Å². The number of thiophene rings is 1. The summed E-state index contributed by atoms with van der Waals surface area (Å²) in [6, 6.07) is 0. The number of nitrogens with one attached hydrogen (secondary N) is 1. The molecule has 0 aliphatic carbocycles. The first kappa shape index (κ1) is 12.2. The fraction of sp³-hybridized carbons (Fsp3) is 0.333. The molecule has 1 fully saturated rings. The highest BCUT2D eigenvalue weighted by molar-refractivity contribution is 7.14. The van der Waals surface area contributed by atoms with Crippen molar-refractivity contribution in [2.75, 3.05) is 6.61 Å². The highest BCUT2D eigenvalue weighted by Crippen LogP contribution is 2.37. The third kappa shape index (κ3) is 1.73. The first-order chi connectivity index (χ1) is 9.11. The maximum absolute atomic E-state index is 12.2. The van der Waals surface area contributed by atoms with Gasteiger partial charge in [-0.15, -0.1) is 0 Å². The zero-order valence-corrected chi connectivity index (χ0v) is 10.1. The maximum Gasteiger partial charge on any atom is 0.337 e. The molecule has 0 aromatic carbocycles. The Morgan fingerprint density at radius 1 is 1.47 bits per heavy atom. The highest BCUT2D eigenvalue weighted by atomic mass is 32.1. The average Bonchev–Trinajstić information content (AvgIpc) is 2.93. The van der Waals surface area contributed by atoms with Crippen LogP contribution in [0, 0.1) is 10.1 Å². The van der Waals surface area contributed by atoms with E-state index in [1.807, 2.05) is 0 Å². The Morgan fingerprint density at radius 3 is 2.89 bits per heavy atom. The van der Waals surface area contributed by atoms with Crippen molar-refractivity contribution in [3.8, 4) is 0 Å². The second kappa shape index (κ2) is 4.35. The van der Waals surface area contributed by atoms with Gasteiger partial charge in [0.15, 0.2) is 6.23 Å². The van der Waals surface area contributed by atoms with Crippen LogP contribution in [-0.4, -0.2) is 34.5 Å². The lowest BCUT2D eigenvalue weighted by molar-refractivity contribution is -0.380. The van der Waals surface area contributed by atoms with Gasteiger partial charge in [0, 0.05) is 11.8 Å². The molecule has 1 atom stereocenters.